The van der Waals surface area contributed by atoms with Crippen molar-refractivity contribution in [3.05, 3.63) is 24.3 Å². The van der Waals surface area contributed by atoms with Gasteiger partial charge in [0.05, 0.1) is 11.4 Å². The van der Waals surface area contributed by atoms with Crippen LogP contribution in [-0.4, -0.2) is 44.2 Å². The number of amides is 2. The van der Waals surface area contributed by atoms with Gasteiger partial charge in [-0.2, -0.15) is 4.31 Å². The van der Waals surface area contributed by atoms with E-state index in [4.69, 9.17) is 0 Å². The second-order valence-electron chi connectivity index (χ2n) is 7.41. The third-order valence-corrected chi connectivity index (χ3v) is 7.12. The normalized spacial score (nSPS) is 23.1. The number of likely N-dealkylation sites (N-methyl/N-ethyl adjacent to an activating group) is 1. The Bertz CT molecular complexity index is 777. The van der Waals surface area contributed by atoms with Gasteiger partial charge in [0, 0.05) is 25.7 Å². The van der Waals surface area contributed by atoms with Crippen LogP contribution in [0.2, 0.25) is 0 Å². The molecule has 0 unspecified atom stereocenters. The largest absolute Gasteiger partial charge is 0.352 e. The molecule has 2 N–H and O–H groups in total. The Labute approximate surface area is 161 Å². The molecular formula is C19H29N3O4S. The number of hydrogen-bond acceptors (Lipinski definition) is 4. The third kappa shape index (κ3) is 5.52. The number of benzene rings is 1. The maximum absolute atomic E-state index is 12.7. The van der Waals surface area contributed by atoms with Crippen molar-refractivity contribution in [2.24, 2.45) is 11.8 Å². The minimum Gasteiger partial charge on any atom is -0.352 e. The first-order chi connectivity index (χ1) is 12.6. The SMILES string of the molecule is CC(=O)Nc1ccc(S(=O)(=O)N(C)CC(=O)N[C@@H]2CCC[C@H](C)[C@H]2C)cc1. The molecule has 0 radical (unpaired) electrons. The zero-order valence-electron chi connectivity index (χ0n) is 16.4. The first-order valence-corrected chi connectivity index (χ1v) is 10.7. The van der Waals surface area contributed by atoms with Crippen molar-refractivity contribution in [2.45, 2.75) is 51.0 Å². The van der Waals surface area contributed by atoms with Crippen molar-refractivity contribution in [3.8, 4) is 0 Å². The molecule has 1 saturated carbocycles. The van der Waals surface area contributed by atoms with Gasteiger partial charge in [-0.25, -0.2) is 8.42 Å². The molecule has 1 aliphatic carbocycles. The van der Waals surface area contributed by atoms with Crippen molar-refractivity contribution < 1.29 is 18.0 Å². The van der Waals surface area contributed by atoms with E-state index in [1.807, 2.05) is 0 Å². The van der Waals surface area contributed by atoms with Crippen LogP contribution in [0.3, 0.4) is 0 Å². The molecular weight excluding hydrogens is 366 g/mol. The highest BCUT2D eigenvalue weighted by molar-refractivity contribution is 7.89. The van der Waals surface area contributed by atoms with Crippen LogP contribution in [0.25, 0.3) is 0 Å². The predicted molar refractivity (Wildman–Crippen MR) is 105 cm³/mol. The number of rotatable bonds is 6. The van der Waals surface area contributed by atoms with E-state index in [-0.39, 0.29) is 29.3 Å². The van der Waals surface area contributed by atoms with Crippen LogP contribution >= 0.6 is 0 Å². The first kappa shape index (κ1) is 21.4. The Morgan fingerprint density at radius 1 is 1.15 bits per heavy atom. The quantitative estimate of drug-likeness (QED) is 0.772. The van der Waals surface area contributed by atoms with E-state index in [9.17, 15) is 18.0 Å². The molecule has 7 nitrogen and oxygen atoms in total. The number of hydrogen-bond donors (Lipinski definition) is 2. The molecule has 150 valence electrons. The van der Waals surface area contributed by atoms with Gasteiger partial charge in [-0.1, -0.05) is 26.7 Å². The number of sulfonamides is 1. The summed E-state index contributed by atoms with van der Waals surface area (Å²) in [5.74, 6) is 0.408. The molecule has 2 rings (SSSR count). The van der Waals surface area contributed by atoms with Crippen molar-refractivity contribution >= 4 is 27.5 Å². The Morgan fingerprint density at radius 2 is 1.78 bits per heavy atom. The summed E-state index contributed by atoms with van der Waals surface area (Å²) in [6.07, 6.45) is 3.17. The van der Waals surface area contributed by atoms with E-state index in [1.165, 1.54) is 38.2 Å². The Balaban J connectivity index is 1.99. The fourth-order valence-electron chi connectivity index (χ4n) is 3.42. The van der Waals surface area contributed by atoms with Crippen LogP contribution in [0.4, 0.5) is 5.69 Å². The van der Waals surface area contributed by atoms with Crippen LogP contribution in [-0.2, 0) is 19.6 Å². The summed E-state index contributed by atoms with van der Waals surface area (Å²) in [6.45, 7) is 5.47. The van der Waals surface area contributed by atoms with Gasteiger partial charge in [0.25, 0.3) is 0 Å². The van der Waals surface area contributed by atoms with Gasteiger partial charge in [-0.15, -0.1) is 0 Å². The summed E-state index contributed by atoms with van der Waals surface area (Å²) in [5, 5.41) is 5.58. The van der Waals surface area contributed by atoms with Gasteiger partial charge in [-0.3, -0.25) is 9.59 Å². The maximum Gasteiger partial charge on any atom is 0.243 e. The van der Waals surface area contributed by atoms with E-state index in [2.05, 4.69) is 24.5 Å². The summed E-state index contributed by atoms with van der Waals surface area (Å²) in [4.78, 5) is 23.5. The molecule has 1 fully saturated rings. The van der Waals surface area contributed by atoms with Gasteiger partial charge < -0.3 is 10.6 Å². The average Bonchev–Trinajstić information content (AvgIpc) is 2.59. The lowest BCUT2D eigenvalue weighted by Crippen LogP contribution is -2.47. The van der Waals surface area contributed by atoms with Crippen LogP contribution in [0.15, 0.2) is 29.2 Å². The standard InChI is InChI=1S/C19H29N3O4S/c1-13-6-5-7-18(14(13)2)21-19(24)12-22(4)27(25,26)17-10-8-16(9-11-17)20-15(3)23/h8-11,13-14,18H,5-7,12H2,1-4H3,(H,20,23)(H,21,24)/t13-,14+,18+/m0/s1. The summed E-state index contributed by atoms with van der Waals surface area (Å²) in [7, 11) is -2.39. The Morgan fingerprint density at radius 3 is 2.37 bits per heavy atom. The molecule has 0 aromatic heterocycles. The number of nitrogens with zero attached hydrogens (tertiary/aromatic N) is 1. The molecule has 0 heterocycles. The molecule has 2 amide bonds. The molecule has 3 atom stereocenters. The van der Waals surface area contributed by atoms with Crippen LogP contribution in [0, 0.1) is 11.8 Å². The number of carbonyl (C=O) groups excluding carboxylic acids is 2. The van der Waals surface area contributed by atoms with Crippen molar-refractivity contribution in [3.63, 3.8) is 0 Å². The van der Waals surface area contributed by atoms with Crippen molar-refractivity contribution in [2.75, 3.05) is 18.9 Å². The second-order valence-corrected chi connectivity index (χ2v) is 9.45. The zero-order chi connectivity index (χ0) is 20.2. The topological polar surface area (TPSA) is 95.6 Å². The summed E-state index contributed by atoms with van der Waals surface area (Å²) in [5.41, 5.74) is 0.516. The van der Waals surface area contributed by atoms with Crippen LogP contribution in [0.5, 0.6) is 0 Å². The maximum atomic E-state index is 12.7. The van der Waals surface area contributed by atoms with Crippen molar-refractivity contribution in [1.82, 2.24) is 9.62 Å². The van der Waals surface area contributed by atoms with Gasteiger partial charge in [-0.05, 0) is 42.5 Å². The molecule has 0 bridgehead atoms. The summed E-state index contributed by atoms with van der Waals surface area (Å²) >= 11 is 0. The van der Waals surface area contributed by atoms with Crippen molar-refractivity contribution in [1.29, 1.82) is 0 Å². The van der Waals surface area contributed by atoms with Gasteiger partial charge in [0.1, 0.15) is 0 Å². The lowest BCUT2D eigenvalue weighted by molar-refractivity contribution is -0.122. The van der Waals surface area contributed by atoms with Gasteiger partial charge in [0.15, 0.2) is 0 Å². The molecule has 1 aromatic rings. The fourth-order valence-corrected chi connectivity index (χ4v) is 4.55. The highest BCUT2D eigenvalue weighted by Crippen LogP contribution is 2.29. The highest BCUT2D eigenvalue weighted by atomic mass is 32.2. The van der Waals surface area contributed by atoms with E-state index < -0.39 is 10.0 Å². The summed E-state index contributed by atoms with van der Waals surface area (Å²) in [6, 6.07) is 5.97. The molecule has 1 aromatic carbocycles. The molecule has 0 spiro atoms. The lowest BCUT2D eigenvalue weighted by Gasteiger charge is -2.34. The minimum atomic E-state index is -3.78. The molecule has 27 heavy (non-hydrogen) atoms. The lowest BCUT2D eigenvalue weighted by atomic mass is 9.78. The fraction of sp³-hybridized carbons (Fsp3) is 0.579. The van der Waals surface area contributed by atoms with Gasteiger partial charge in [0.2, 0.25) is 21.8 Å². The van der Waals surface area contributed by atoms with E-state index in [1.54, 1.807) is 0 Å². The smallest absolute Gasteiger partial charge is 0.243 e. The monoisotopic (exact) mass is 395 g/mol. The molecule has 8 heteroatoms. The van der Waals surface area contributed by atoms with Gasteiger partial charge >= 0.3 is 0 Å². The summed E-state index contributed by atoms with van der Waals surface area (Å²) < 4.78 is 26.4. The minimum absolute atomic E-state index is 0.0755. The number of carbonyl (C=O) groups is 2. The van der Waals surface area contributed by atoms with E-state index in [0.29, 0.717) is 17.5 Å². The number of nitrogens with one attached hydrogen (secondary N) is 2. The van der Waals surface area contributed by atoms with E-state index >= 15 is 0 Å². The van der Waals surface area contributed by atoms with E-state index in [0.717, 1.165) is 23.6 Å². The predicted octanol–water partition coefficient (Wildman–Crippen LogP) is 2.21. The van der Waals surface area contributed by atoms with Crippen LogP contribution < -0.4 is 10.6 Å². The molecule has 1 aliphatic rings. The Hall–Kier alpha value is -1.93. The first-order valence-electron chi connectivity index (χ1n) is 9.24. The van der Waals surface area contributed by atoms with Crippen LogP contribution in [0.1, 0.15) is 40.0 Å². The highest BCUT2D eigenvalue weighted by Gasteiger charge is 2.29. The Kier molecular flexibility index (Phi) is 7.00. The second kappa shape index (κ2) is 8.84. The average molecular weight is 396 g/mol. The third-order valence-electron chi connectivity index (χ3n) is 5.30. The molecule has 0 aliphatic heterocycles. The zero-order valence-corrected chi connectivity index (χ0v) is 17.2. The molecule has 0 saturated heterocycles. The number of anilines is 1.